The summed E-state index contributed by atoms with van der Waals surface area (Å²) in [4.78, 5) is 7.21. The molecule has 1 N–H and O–H groups in total. The molecule has 2 fully saturated rings. The minimum Gasteiger partial charge on any atom is -0.381 e. The first-order chi connectivity index (χ1) is 12.2. The van der Waals surface area contributed by atoms with Crippen LogP contribution in [0.2, 0.25) is 5.02 Å². The Balaban J connectivity index is 0.00000243. The molecule has 0 aromatic heterocycles. The summed E-state index contributed by atoms with van der Waals surface area (Å²) in [6.45, 7) is 7.35. The van der Waals surface area contributed by atoms with E-state index in [-0.39, 0.29) is 30.1 Å². The van der Waals surface area contributed by atoms with Crippen LogP contribution < -0.4 is 5.32 Å². The van der Waals surface area contributed by atoms with E-state index >= 15 is 0 Å². The molecule has 0 radical (unpaired) electrons. The molecule has 2 heterocycles. The van der Waals surface area contributed by atoms with E-state index in [0.717, 1.165) is 55.8 Å². The van der Waals surface area contributed by atoms with E-state index in [1.54, 1.807) is 7.11 Å². The number of guanidine groups is 1. The number of likely N-dealkylation sites (tertiary alicyclic amines) is 1. The van der Waals surface area contributed by atoms with Crippen molar-refractivity contribution in [1.29, 1.82) is 0 Å². The highest BCUT2D eigenvalue weighted by atomic mass is 127. The second-order valence-electron chi connectivity index (χ2n) is 6.95. The van der Waals surface area contributed by atoms with Gasteiger partial charge in [-0.1, -0.05) is 23.7 Å². The number of hydrogen-bond donors (Lipinski definition) is 1. The lowest BCUT2D eigenvalue weighted by molar-refractivity contribution is 0.110. The van der Waals surface area contributed by atoms with Gasteiger partial charge in [-0.3, -0.25) is 4.99 Å². The number of benzene rings is 1. The zero-order chi connectivity index (χ0) is 17.7. The van der Waals surface area contributed by atoms with Gasteiger partial charge in [-0.2, -0.15) is 0 Å². The number of rotatable bonds is 5. The highest BCUT2D eigenvalue weighted by molar-refractivity contribution is 14.0. The number of halogens is 2. The van der Waals surface area contributed by atoms with Crippen molar-refractivity contribution < 1.29 is 9.47 Å². The van der Waals surface area contributed by atoms with Crippen LogP contribution in [0, 0.1) is 5.41 Å². The predicted octanol–water partition coefficient (Wildman–Crippen LogP) is 3.72. The summed E-state index contributed by atoms with van der Waals surface area (Å²) in [5.41, 5.74) is 1.38. The summed E-state index contributed by atoms with van der Waals surface area (Å²) in [5.74, 6) is 0.968. The van der Waals surface area contributed by atoms with Gasteiger partial charge in [0.2, 0.25) is 0 Å². The molecule has 26 heavy (non-hydrogen) atoms. The average molecular weight is 494 g/mol. The molecule has 0 aliphatic carbocycles. The van der Waals surface area contributed by atoms with E-state index in [4.69, 9.17) is 26.1 Å². The number of hydrogen-bond acceptors (Lipinski definition) is 3. The number of nitrogens with one attached hydrogen (secondary N) is 1. The van der Waals surface area contributed by atoms with E-state index in [9.17, 15) is 0 Å². The topological polar surface area (TPSA) is 46.1 Å². The molecule has 0 saturated carbocycles. The molecule has 0 amide bonds. The SMILES string of the molecule is CCNC(=NCC(OC)c1cccc(Cl)c1)N1CCC2(CCOC2)C1.I. The van der Waals surface area contributed by atoms with Crippen molar-refractivity contribution in [2.75, 3.05) is 46.5 Å². The van der Waals surface area contributed by atoms with Crippen molar-refractivity contribution in [1.82, 2.24) is 10.2 Å². The molecule has 3 rings (SSSR count). The summed E-state index contributed by atoms with van der Waals surface area (Å²) in [6.07, 6.45) is 2.24. The molecule has 5 nitrogen and oxygen atoms in total. The smallest absolute Gasteiger partial charge is 0.194 e. The van der Waals surface area contributed by atoms with Gasteiger partial charge in [-0.25, -0.2) is 0 Å². The van der Waals surface area contributed by atoms with E-state index in [0.29, 0.717) is 12.0 Å². The molecule has 1 aromatic carbocycles. The van der Waals surface area contributed by atoms with Gasteiger partial charge in [0.25, 0.3) is 0 Å². The maximum Gasteiger partial charge on any atom is 0.194 e. The lowest BCUT2D eigenvalue weighted by atomic mass is 9.87. The van der Waals surface area contributed by atoms with Crippen LogP contribution in [0.3, 0.4) is 0 Å². The van der Waals surface area contributed by atoms with Crippen molar-refractivity contribution in [3.8, 4) is 0 Å². The maximum atomic E-state index is 6.11. The second kappa shape index (κ2) is 10.1. The Morgan fingerprint density at radius 3 is 2.96 bits per heavy atom. The molecule has 2 saturated heterocycles. The number of nitrogens with zero attached hydrogens (tertiary/aromatic N) is 2. The summed E-state index contributed by atoms with van der Waals surface area (Å²) >= 11 is 6.11. The quantitative estimate of drug-likeness (QED) is 0.386. The van der Waals surface area contributed by atoms with Crippen molar-refractivity contribution in [3.05, 3.63) is 34.9 Å². The molecule has 7 heteroatoms. The van der Waals surface area contributed by atoms with Crippen molar-refractivity contribution >= 4 is 41.5 Å². The molecule has 146 valence electrons. The molecule has 2 unspecified atom stereocenters. The Hall–Kier alpha value is -0.570. The average Bonchev–Trinajstić information content (AvgIpc) is 3.25. The predicted molar refractivity (Wildman–Crippen MR) is 117 cm³/mol. The highest BCUT2D eigenvalue weighted by Crippen LogP contribution is 2.38. The fourth-order valence-electron chi connectivity index (χ4n) is 3.71. The largest absolute Gasteiger partial charge is 0.381 e. The van der Waals surface area contributed by atoms with E-state index in [1.807, 2.05) is 24.3 Å². The van der Waals surface area contributed by atoms with Gasteiger partial charge in [0.05, 0.1) is 13.2 Å². The van der Waals surface area contributed by atoms with Gasteiger partial charge >= 0.3 is 0 Å². The standard InChI is InChI=1S/C19H28ClN3O2.HI/c1-3-21-18(23-9-7-19(13-23)8-10-25-14-19)22-12-17(24-2)15-5-4-6-16(20)11-15;/h4-6,11,17H,3,7-10,12-14H2,1-2H3,(H,21,22);1H. The van der Waals surface area contributed by atoms with E-state index in [2.05, 4.69) is 17.1 Å². The molecule has 1 spiro atoms. The monoisotopic (exact) mass is 493 g/mol. The van der Waals surface area contributed by atoms with Gasteiger partial charge in [-0.15, -0.1) is 24.0 Å². The first-order valence-corrected chi connectivity index (χ1v) is 9.43. The van der Waals surface area contributed by atoms with Crippen LogP contribution in [-0.4, -0.2) is 57.4 Å². The van der Waals surface area contributed by atoms with Gasteiger partial charge in [0.1, 0.15) is 6.10 Å². The van der Waals surface area contributed by atoms with Crippen molar-refractivity contribution in [3.63, 3.8) is 0 Å². The molecule has 1 aromatic rings. The Bertz CT molecular complexity index is 608. The van der Waals surface area contributed by atoms with Crippen LogP contribution in [-0.2, 0) is 9.47 Å². The lowest BCUT2D eigenvalue weighted by Gasteiger charge is -2.25. The molecule has 2 aliphatic rings. The van der Waals surface area contributed by atoms with Gasteiger partial charge in [0.15, 0.2) is 5.96 Å². The Kier molecular flexibility index (Phi) is 8.44. The Morgan fingerprint density at radius 2 is 2.31 bits per heavy atom. The van der Waals surface area contributed by atoms with Crippen LogP contribution in [0.15, 0.2) is 29.3 Å². The number of aliphatic imine (C=N–C) groups is 1. The molecule has 0 bridgehead atoms. The Morgan fingerprint density at radius 1 is 1.46 bits per heavy atom. The van der Waals surface area contributed by atoms with Gasteiger partial charge in [0, 0.05) is 43.8 Å². The van der Waals surface area contributed by atoms with Crippen LogP contribution >= 0.6 is 35.6 Å². The first-order valence-electron chi connectivity index (χ1n) is 9.05. The van der Waals surface area contributed by atoms with Crippen molar-refractivity contribution in [2.24, 2.45) is 10.4 Å². The van der Waals surface area contributed by atoms with Crippen LogP contribution in [0.25, 0.3) is 0 Å². The summed E-state index contributed by atoms with van der Waals surface area (Å²) in [7, 11) is 1.72. The van der Waals surface area contributed by atoms with Gasteiger partial charge in [-0.05, 0) is 37.5 Å². The number of ether oxygens (including phenoxy) is 2. The Labute approximate surface area is 178 Å². The third kappa shape index (κ3) is 5.24. The van der Waals surface area contributed by atoms with Crippen molar-refractivity contribution in [2.45, 2.75) is 25.9 Å². The summed E-state index contributed by atoms with van der Waals surface area (Å²) < 4.78 is 11.3. The molecular formula is C19H29ClIN3O2. The number of methoxy groups -OCH3 is 1. The third-order valence-electron chi connectivity index (χ3n) is 5.17. The van der Waals surface area contributed by atoms with Crippen LogP contribution in [0.1, 0.15) is 31.4 Å². The first kappa shape index (κ1) is 21.7. The highest BCUT2D eigenvalue weighted by Gasteiger charge is 2.42. The molecule has 2 aliphatic heterocycles. The minimum atomic E-state index is -0.0984. The fourth-order valence-corrected chi connectivity index (χ4v) is 3.90. The third-order valence-corrected chi connectivity index (χ3v) is 5.40. The zero-order valence-corrected chi connectivity index (χ0v) is 18.6. The fraction of sp³-hybridized carbons (Fsp3) is 0.632. The summed E-state index contributed by atoms with van der Waals surface area (Å²) in [5, 5.41) is 4.15. The maximum absolute atomic E-state index is 6.11. The van der Waals surface area contributed by atoms with Gasteiger partial charge < -0.3 is 19.7 Å². The summed E-state index contributed by atoms with van der Waals surface area (Å²) in [6, 6.07) is 7.80. The molecular weight excluding hydrogens is 465 g/mol. The van der Waals surface area contributed by atoms with Crippen LogP contribution in [0.4, 0.5) is 0 Å². The second-order valence-corrected chi connectivity index (χ2v) is 7.38. The lowest BCUT2D eigenvalue weighted by Crippen LogP contribution is -2.41. The van der Waals surface area contributed by atoms with E-state index < -0.39 is 0 Å². The van der Waals surface area contributed by atoms with E-state index in [1.165, 1.54) is 6.42 Å². The van der Waals surface area contributed by atoms with Crippen LogP contribution in [0.5, 0.6) is 0 Å². The molecule has 2 atom stereocenters. The minimum absolute atomic E-state index is 0. The normalized spacial score (nSPS) is 24.0. The zero-order valence-electron chi connectivity index (χ0n) is 15.5.